The smallest absolute Gasteiger partial charge is 0.354 e. The fourth-order valence-corrected chi connectivity index (χ4v) is 1.93. The molecule has 0 aliphatic rings. The number of nitrogens with one attached hydrogen (secondary N) is 2. The zero-order valence-electron chi connectivity index (χ0n) is 11.3. The van der Waals surface area contributed by atoms with E-state index < -0.39 is 11.7 Å². The van der Waals surface area contributed by atoms with E-state index in [4.69, 9.17) is 11.6 Å². The van der Waals surface area contributed by atoms with E-state index in [-0.39, 0.29) is 16.6 Å². The van der Waals surface area contributed by atoms with E-state index in [1.54, 1.807) is 6.07 Å². The van der Waals surface area contributed by atoms with Gasteiger partial charge in [0.15, 0.2) is 0 Å². The van der Waals surface area contributed by atoms with Gasteiger partial charge >= 0.3 is 6.18 Å². The molecule has 1 aromatic heterocycles. The molecule has 0 aliphatic heterocycles. The normalized spacial score (nSPS) is 11.1. The van der Waals surface area contributed by atoms with Crippen molar-refractivity contribution in [3.63, 3.8) is 0 Å². The van der Waals surface area contributed by atoms with Crippen LogP contribution in [0, 0.1) is 0 Å². The van der Waals surface area contributed by atoms with Crippen molar-refractivity contribution in [2.45, 2.75) is 13.1 Å². The van der Waals surface area contributed by atoms with Crippen LogP contribution in [0.4, 0.5) is 30.4 Å². The standard InChI is InChI=1S/C14H11ClF3N3O/c1-8(22)20-13-5-3-10(7-19-13)21-9-2-4-12(15)11(6-9)14(16,17)18/h2-7,21H,1H3,(H,19,20,22). The number of benzene rings is 1. The number of nitrogens with zero attached hydrogens (tertiary/aromatic N) is 1. The number of aromatic nitrogens is 1. The number of pyridine rings is 1. The summed E-state index contributed by atoms with van der Waals surface area (Å²) in [5.74, 6) is 0.0888. The Labute approximate surface area is 129 Å². The van der Waals surface area contributed by atoms with Gasteiger partial charge in [0.1, 0.15) is 5.82 Å². The average molecular weight is 330 g/mol. The fourth-order valence-electron chi connectivity index (χ4n) is 1.71. The van der Waals surface area contributed by atoms with Crippen LogP contribution in [0.1, 0.15) is 12.5 Å². The third-order valence-electron chi connectivity index (χ3n) is 2.63. The van der Waals surface area contributed by atoms with Gasteiger partial charge in [-0.05, 0) is 30.3 Å². The van der Waals surface area contributed by atoms with Gasteiger partial charge < -0.3 is 10.6 Å². The lowest BCUT2D eigenvalue weighted by Crippen LogP contribution is -2.07. The molecular weight excluding hydrogens is 319 g/mol. The van der Waals surface area contributed by atoms with Crippen LogP contribution in [-0.2, 0) is 11.0 Å². The van der Waals surface area contributed by atoms with E-state index in [1.807, 2.05) is 0 Å². The first kappa shape index (κ1) is 16.1. The Morgan fingerprint density at radius 1 is 1.18 bits per heavy atom. The van der Waals surface area contributed by atoms with Crippen LogP contribution in [0.15, 0.2) is 36.5 Å². The molecule has 0 saturated heterocycles. The number of carbonyl (C=O) groups excluding carboxylic acids is 1. The van der Waals surface area contributed by atoms with Crippen molar-refractivity contribution in [2.24, 2.45) is 0 Å². The highest BCUT2D eigenvalue weighted by Gasteiger charge is 2.33. The van der Waals surface area contributed by atoms with Crippen LogP contribution in [-0.4, -0.2) is 10.9 Å². The Morgan fingerprint density at radius 3 is 2.41 bits per heavy atom. The predicted molar refractivity (Wildman–Crippen MR) is 78.3 cm³/mol. The first-order valence-electron chi connectivity index (χ1n) is 6.13. The lowest BCUT2D eigenvalue weighted by molar-refractivity contribution is -0.137. The van der Waals surface area contributed by atoms with Crippen molar-refractivity contribution < 1.29 is 18.0 Å². The van der Waals surface area contributed by atoms with Gasteiger partial charge in [0.05, 0.1) is 22.5 Å². The Bertz CT molecular complexity index is 687. The van der Waals surface area contributed by atoms with Crippen LogP contribution in [0.2, 0.25) is 5.02 Å². The molecule has 1 amide bonds. The maximum Gasteiger partial charge on any atom is 0.417 e. The van der Waals surface area contributed by atoms with Gasteiger partial charge in [-0.2, -0.15) is 13.2 Å². The van der Waals surface area contributed by atoms with Crippen molar-refractivity contribution >= 4 is 34.7 Å². The molecule has 0 spiro atoms. The minimum atomic E-state index is -4.53. The summed E-state index contributed by atoms with van der Waals surface area (Å²) in [6, 6.07) is 6.64. The molecule has 0 bridgehead atoms. The summed E-state index contributed by atoms with van der Waals surface area (Å²) in [6.07, 6.45) is -3.13. The van der Waals surface area contributed by atoms with Crippen molar-refractivity contribution in [1.29, 1.82) is 0 Å². The van der Waals surface area contributed by atoms with E-state index in [9.17, 15) is 18.0 Å². The third kappa shape index (κ3) is 4.11. The van der Waals surface area contributed by atoms with E-state index in [0.717, 1.165) is 6.07 Å². The average Bonchev–Trinajstić information content (AvgIpc) is 2.41. The molecule has 2 rings (SSSR count). The van der Waals surface area contributed by atoms with Gasteiger partial charge in [-0.25, -0.2) is 4.98 Å². The quantitative estimate of drug-likeness (QED) is 0.874. The Kier molecular flexibility index (Phi) is 4.56. The first-order valence-corrected chi connectivity index (χ1v) is 6.51. The Balaban J connectivity index is 2.19. The first-order chi connectivity index (χ1) is 10.3. The second-order valence-corrected chi connectivity index (χ2v) is 4.84. The van der Waals surface area contributed by atoms with Gasteiger partial charge in [0.25, 0.3) is 0 Å². The molecule has 0 radical (unpaired) electrons. The van der Waals surface area contributed by atoms with Crippen molar-refractivity contribution in [2.75, 3.05) is 10.6 Å². The number of carbonyl (C=O) groups is 1. The monoisotopic (exact) mass is 329 g/mol. The van der Waals surface area contributed by atoms with Crippen molar-refractivity contribution in [1.82, 2.24) is 4.98 Å². The van der Waals surface area contributed by atoms with Crippen LogP contribution in [0.3, 0.4) is 0 Å². The fraction of sp³-hybridized carbons (Fsp3) is 0.143. The molecule has 2 aromatic rings. The minimum Gasteiger partial charge on any atom is -0.354 e. The summed E-state index contributed by atoms with van der Waals surface area (Å²) in [7, 11) is 0. The number of amides is 1. The maximum absolute atomic E-state index is 12.8. The lowest BCUT2D eigenvalue weighted by Gasteiger charge is -2.12. The number of rotatable bonds is 3. The molecule has 8 heteroatoms. The minimum absolute atomic E-state index is 0.228. The zero-order chi connectivity index (χ0) is 16.3. The highest BCUT2D eigenvalue weighted by atomic mass is 35.5. The Morgan fingerprint density at radius 2 is 1.86 bits per heavy atom. The highest BCUT2D eigenvalue weighted by Crippen LogP contribution is 2.36. The third-order valence-corrected chi connectivity index (χ3v) is 2.96. The lowest BCUT2D eigenvalue weighted by atomic mass is 10.2. The van der Waals surface area contributed by atoms with Crippen LogP contribution < -0.4 is 10.6 Å². The molecule has 22 heavy (non-hydrogen) atoms. The summed E-state index contributed by atoms with van der Waals surface area (Å²) in [5.41, 5.74) is -0.211. The predicted octanol–water partition coefficient (Wildman–Crippen LogP) is 4.46. The van der Waals surface area contributed by atoms with Crippen LogP contribution >= 0.6 is 11.6 Å². The van der Waals surface area contributed by atoms with E-state index in [2.05, 4.69) is 15.6 Å². The highest BCUT2D eigenvalue weighted by molar-refractivity contribution is 6.31. The van der Waals surface area contributed by atoms with E-state index in [0.29, 0.717) is 11.5 Å². The molecule has 2 N–H and O–H groups in total. The molecule has 1 heterocycles. The molecule has 0 unspecified atom stereocenters. The molecule has 4 nitrogen and oxygen atoms in total. The van der Waals surface area contributed by atoms with Crippen molar-refractivity contribution in [3.05, 3.63) is 47.1 Å². The maximum atomic E-state index is 12.8. The summed E-state index contributed by atoms with van der Waals surface area (Å²) >= 11 is 5.55. The Hall–Kier alpha value is -2.28. The van der Waals surface area contributed by atoms with E-state index in [1.165, 1.54) is 31.3 Å². The van der Waals surface area contributed by atoms with Crippen molar-refractivity contribution in [3.8, 4) is 0 Å². The summed E-state index contributed by atoms with van der Waals surface area (Å²) < 4.78 is 38.3. The van der Waals surface area contributed by atoms with Crippen LogP contribution in [0.5, 0.6) is 0 Å². The molecular formula is C14H11ClF3N3O. The largest absolute Gasteiger partial charge is 0.417 e. The number of halogens is 4. The van der Waals surface area contributed by atoms with Gasteiger partial charge in [-0.3, -0.25) is 4.79 Å². The second-order valence-electron chi connectivity index (χ2n) is 4.43. The number of hydrogen-bond acceptors (Lipinski definition) is 3. The van der Waals surface area contributed by atoms with Gasteiger partial charge in [-0.15, -0.1) is 0 Å². The van der Waals surface area contributed by atoms with Gasteiger partial charge in [0, 0.05) is 12.6 Å². The molecule has 0 atom stereocenters. The molecule has 0 aliphatic carbocycles. The molecule has 0 saturated carbocycles. The topological polar surface area (TPSA) is 54.0 Å². The SMILES string of the molecule is CC(=O)Nc1ccc(Nc2ccc(Cl)c(C(F)(F)F)c2)cn1. The van der Waals surface area contributed by atoms with Gasteiger partial charge in [0.2, 0.25) is 5.91 Å². The molecule has 1 aromatic carbocycles. The number of alkyl halides is 3. The molecule has 116 valence electrons. The van der Waals surface area contributed by atoms with Crippen LogP contribution in [0.25, 0.3) is 0 Å². The number of anilines is 3. The summed E-state index contributed by atoms with van der Waals surface area (Å²) in [6.45, 7) is 1.35. The van der Waals surface area contributed by atoms with E-state index >= 15 is 0 Å². The summed E-state index contributed by atoms with van der Waals surface area (Å²) in [4.78, 5) is 14.8. The zero-order valence-corrected chi connectivity index (χ0v) is 12.1. The second kappa shape index (κ2) is 6.23. The van der Waals surface area contributed by atoms with Gasteiger partial charge in [-0.1, -0.05) is 11.6 Å². The molecule has 0 fully saturated rings. The summed E-state index contributed by atoms with van der Waals surface area (Å²) in [5, 5.41) is 4.91. The number of hydrogen-bond donors (Lipinski definition) is 2.